The highest BCUT2D eigenvalue weighted by Crippen LogP contribution is 2.36. The number of fused-ring (bicyclic) bond motifs is 1. The smallest absolute Gasteiger partial charge is 0.132 e. The average Bonchev–Trinajstić information content (AvgIpc) is 2.54. The number of ether oxygens (including phenoxy) is 1. The number of nitriles is 1. The molecule has 3 rings (SSSR count). The van der Waals surface area contributed by atoms with Gasteiger partial charge in [-0.1, -0.05) is 33.1 Å². The van der Waals surface area contributed by atoms with Gasteiger partial charge in [0.1, 0.15) is 11.9 Å². The van der Waals surface area contributed by atoms with Crippen molar-refractivity contribution in [3.63, 3.8) is 0 Å². The van der Waals surface area contributed by atoms with Crippen LogP contribution < -0.4 is 5.32 Å². The number of aromatic nitrogens is 1. The Bertz CT molecular complexity index is 667. The third-order valence-electron chi connectivity index (χ3n) is 5.36. The number of nitrogens with zero attached hydrogens (tertiary/aromatic N) is 2. The van der Waals surface area contributed by atoms with Gasteiger partial charge in [-0.05, 0) is 44.6 Å². The van der Waals surface area contributed by atoms with Crippen LogP contribution in [0.3, 0.4) is 0 Å². The van der Waals surface area contributed by atoms with E-state index in [1.807, 2.05) is 0 Å². The maximum Gasteiger partial charge on any atom is 0.132 e. The molecule has 0 aromatic carbocycles. The highest BCUT2D eigenvalue weighted by atomic mass is 16.5. The van der Waals surface area contributed by atoms with Gasteiger partial charge in [0.05, 0.1) is 23.5 Å². The summed E-state index contributed by atoms with van der Waals surface area (Å²) in [5.41, 5.74) is 3.77. The van der Waals surface area contributed by atoms with Crippen molar-refractivity contribution in [3.05, 3.63) is 22.4 Å². The largest absolute Gasteiger partial charge is 0.370 e. The Morgan fingerprint density at radius 1 is 1.24 bits per heavy atom. The average molecular weight is 341 g/mol. The van der Waals surface area contributed by atoms with E-state index in [4.69, 9.17) is 9.72 Å². The Morgan fingerprint density at radius 2 is 1.96 bits per heavy atom. The minimum absolute atomic E-state index is 0.225. The maximum absolute atomic E-state index is 9.82. The van der Waals surface area contributed by atoms with E-state index < -0.39 is 0 Å². The Hall–Kier alpha value is -1.60. The molecule has 136 valence electrons. The summed E-state index contributed by atoms with van der Waals surface area (Å²) in [7, 11) is 0. The number of anilines is 1. The molecule has 2 heterocycles. The third kappa shape index (κ3) is 4.15. The summed E-state index contributed by atoms with van der Waals surface area (Å²) in [6.45, 7) is 9.12. The first-order valence-corrected chi connectivity index (χ1v) is 9.75. The van der Waals surface area contributed by atoms with Crippen molar-refractivity contribution in [2.75, 3.05) is 5.32 Å². The summed E-state index contributed by atoms with van der Waals surface area (Å²) >= 11 is 0. The Kier molecular flexibility index (Phi) is 5.34. The number of nitrogens with one attached hydrogen (secondary N) is 1. The van der Waals surface area contributed by atoms with Crippen molar-refractivity contribution in [2.45, 2.75) is 90.9 Å². The van der Waals surface area contributed by atoms with Gasteiger partial charge >= 0.3 is 0 Å². The van der Waals surface area contributed by atoms with Crippen molar-refractivity contribution >= 4 is 5.82 Å². The lowest BCUT2D eigenvalue weighted by Gasteiger charge is -2.35. The van der Waals surface area contributed by atoms with Crippen molar-refractivity contribution in [2.24, 2.45) is 5.92 Å². The molecule has 4 heteroatoms. The van der Waals surface area contributed by atoms with Crippen LogP contribution in [0.4, 0.5) is 5.82 Å². The molecule has 25 heavy (non-hydrogen) atoms. The SMILES string of the molecule is CC(C)Cc1nc(NC2CCCCC2)c2c(c1C#N)CC(C)(C)OC2. The lowest BCUT2D eigenvalue weighted by Crippen LogP contribution is -2.34. The lowest BCUT2D eigenvalue weighted by atomic mass is 9.86. The fourth-order valence-electron chi connectivity index (χ4n) is 4.05. The summed E-state index contributed by atoms with van der Waals surface area (Å²) in [5, 5.41) is 13.5. The molecule has 0 spiro atoms. The maximum atomic E-state index is 9.82. The van der Waals surface area contributed by atoms with Crippen LogP contribution in [0.2, 0.25) is 0 Å². The van der Waals surface area contributed by atoms with E-state index in [2.05, 4.69) is 39.1 Å². The van der Waals surface area contributed by atoms with Gasteiger partial charge in [0.25, 0.3) is 0 Å². The summed E-state index contributed by atoms with van der Waals surface area (Å²) in [5.74, 6) is 1.44. The van der Waals surface area contributed by atoms with E-state index in [0.717, 1.165) is 41.0 Å². The summed E-state index contributed by atoms with van der Waals surface area (Å²) in [6, 6.07) is 2.95. The van der Waals surface area contributed by atoms with Crippen LogP contribution in [0, 0.1) is 17.2 Å². The Balaban J connectivity index is 2.03. The molecular weight excluding hydrogens is 310 g/mol. The first-order chi connectivity index (χ1) is 11.9. The van der Waals surface area contributed by atoms with E-state index >= 15 is 0 Å². The molecule has 0 amide bonds. The zero-order valence-electron chi connectivity index (χ0n) is 16.1. The van der Waals surface area contributed by atoms with E-state index in [0.29, 0.717) is 18.6 Å². The highest BCUT2D eigenvalue weighted by Gasteiger charge is 2.32. The Labute approximate surface area is 152 Å². The first kappa shape index (κ1) is 18.2. The predicted molar refractivity (Wildman–Crippen MR) is 101 cm³/mol. The number of hydrogen-bond acceptors (Lipinski definition) is 4. The van der Waals surface area contributed by atoms with Crippen LogP contribution in [-0.4, -0.2) is 16.6 Å². The van der Waals surface area contributed by atoms with Gasteiger partial charge in [-0.15, -0.1) is 0 Å². The molecule has 1 fully saturated rings. The molecule has 2 aliphatic rings. The molecule has 0 radical (unpaired) electrons. The number of pyridine rings is 1. The monoisotopic (exact) mass is 341 g/mol. The quantitative estimate of drug-likeness (QED) is 0.859. The van der Waals surface area contributed by atoms with Crippen LogP contribution in [0.15, 0.2) is 0 Å². The second kappa shape index (κ2) is 7.33. The van der Waals surface area contributed by atoms with Crippen LogP contribution in [-0.2, 0) is 24.2 Å². The van der Waals surface area contributed by atoms with Gasteiger partial charge in [0, 0.05) is 18.0 Å². The second-order valence-corrected chi connectivity index (χ2v) is 8.65. The van der Waals surface area contributed by atoms with Gasteiger partial charge in [-0.25, -0.2) is 4.98 Å². The minimum Gasteiger partial charge on any atom is -0.370 e. The van der Waals surface area contributed by atoms with Gasteiger partial charge in [0.15, 0.2) is 0 Å². The lowest BCUT2D eigenvalue weighted by molar-refractivity contribution is -0.0400. The van der Waals surface area contributed by atoms with Crippen LogP contribution in [0.25, 0.3) is 0 Å². The predicted octanol–water partition coefficient (Wildman–Crippen LogP) is 4.75. The molecule has 4 nitrogen and oxygen atoms in total. The highest BCUT2D eigenvalue weighted by molar-refractivity contribution is 5.58. The Morgan fingerprint density at radius 3 is 2.60 bits per heavy atom. The molecule has 1 N–H and O–H groups in total. The van der Waals surface area contributed by atoms with Crippen molar-refractivity contribution in [1.82, 2.24) is 4.98 Å². The minimum atomic E-state index is -0.225. The summed E-state index contributed by atoms with van der Waals surface area (Å²) < 4.78 is 6.05. The number of rotatable bonds is 4. The van der Waals surface area contributed by atoms with Crippen molar-refractivity contribution in [1.29, 1.82) is 5.26 Å². The van der Waals surface area contributed by atoms with Crippen LogP contribution >= 0.6 is 0 Å². The molecule has 1 aliphatic carbocycles. The molecule has 1 saturated carbocycles. The molecule has 0 saturated heterocycles. The zero-order chi connectivity index (χ0) is 18.0. The molecular formula is C21H31N3O. The van der Waals surface area contributed by atoms with Gasteiger partial charge in [-0.2, -0.15) is 5.26 Å². The van der Waals surface area contributed by atoms with Crippen molar-refractivity contribution in [3.8, 4) is 6.07 Å². The molecule has 1 aromatic rings. The van der Waals surface area contributed by atoms with Gasteiger partial charge < -0.3 is 10.1 Å². The normalized spacial score (nSPS) is 20.2. The molecule has 1 aliphatic heterocycles. The topological polar surface area (TPSA) is 57.9 Å². The molecule has 0 atom stereocenters. The molecule has 1 aromatic heterocycles. The third-order valence-corrected chi connectivity index (χ3v) is 5.36. The van der Waals surface area contributed by atoms with Gasteiger partial charge in [-0.3, -0.25) is 0 Å². The first-order valence-electron chi connectivity index (χ1n) is 9.75. The fourth-order valence-corrected chi connectivity index (χ4v) is 4.05. The van der Waals surface area contributed by atoms with Crippen molar-refractivity contribution < 1.29 is 4.74 Å². The van der Waals surface area contributed by atoms with E-state index in [-0.39, 0.29) is 5.60 Å². The summed E-state index contributed by atoms with van der Waals surface area (Å²) in [6.07, 6.45) is 7.96. The van der Waals surface area contributed by atoms with Crippen LogP contribution in [0.1, 0.15) is 82.2 Å². The van der Waals surface area contributed by atoms with E-state index in [1.165, 1.54) is 32.1 Å². The zero-order valence-corrected chi connectivity index (χ0v) is 16.1. The molecule has 0 bridgehead atoms. The van der Waals surface area contributed by atoms with E-state index in [1.54, 1.807) is 0 Å². The molecule has 0 unspecified atom stereocenters. The summed E-state index contributed by atoms with van der Waals surface area (Å²) in [4.78, 5) is 4.93. The number of hydrogen-bond donors (Lipinski definition) is 1. The second-order valence-electron chi connectivity index (χ2n) is 8.65. The van der Waals surface area contributed by atoms with E-state index in [9.17, 15) is 5.26 Å². The standard InChI is InChI=1S/C21H31N3O/c1-14(2)10-19-17(12-22)16-11-21(3,4)25-13-18(16)20(24-19)23-15-8-6-5-7-9-15/h14-15H,5-11,13H2,1-4H3,(H,23,24). The van der Waals surface area contributed by atoms with Gasteiger partial charge in [0.2, 0.25) is 0 Å². The fraction of sp³-hybridized carbons (Fsp3) is 0.714. The van der Waals surface area contributed by atoms with Crippen LogP contribution in [0.5, 0.6) is 0 Å².